The normalized spacial score (nSPS) is 9.50. The van der Waals surface area contributed by atoms with Gasteiger partial charge < -0.3 is 0 Å². The Kier molecular flexibility index (Phi) is 2.99. The van der Waals surface area contributed by atoms with Crippen LogP contribution in [0.25, 0.3) is 0 Å². The van der Waals surface area contributed by atoms with Crippen molar-refractivity contribution in [1.82, 2.24) is 0 Å². The van der Waals surface area contributed by atoms with Gasteiger partial charge in [-0.3, -0.25) is 14.9 Å². The van der Waals surface area contributed by atoms with Crippen molar-refractivity contribution >= 4 is 23.1 Å². The van der Waals surface area contributed by atoms with Gasteiger partial charge in [0.15, 0.2) is 0 Å². The van der Waals surface area contributed by atoms with Crippen molar-refractivity contribution in [3.8, 4) is 0 Å². The SMILES string of the molecule is C=C(Cl)C(=O)c1ccccc1[N+](=O)[O-]. The molecule has 5 heteroatoms. The Morgan fingerprint density at radius 1 is 1.43 bits per heavy atom. The topological polar surface area (TPSA) is 60.2 Å². The number of benzene rings is 1. The number of hydrogen-bond acceptors (Lipinski definition) is 3. The molecule has 1 aromatic carbocycles. The third-order valence-electron chi connectivity index (χ3n) is 1.59. The lowest BCUT2D eigenvalue weighted by atomic mass is 10.1. The van der Waals surface area contributed by atoms with E-state index in [9.17, 15) is 14.9 Å². The van der Waals surface area contributed by atoms with Gasteiger partial charge in [0, 0.05) is 6.07 Å². The number of nitro groups is 1. The zero-order valence-electron chi connectivity index (χ0n) is 7.07. The third kappa shape index (κ3) is 1.97. The van der Waals surface area contributed by atoms with Crippen LogP contribution in [-0.4, -0.2) is 10.7 Å². The van der Waals surface area contributed by atoms with Gasteiger partial charge in [0.1, 0.15) is 5.56 Å². The standard InChI is InChI=1S/C9H6ClNO3/c1-6(10)9(12)7-4-2-3-5-8(7)11(13)14/h2-5H,1H2. The monoisotopic (exact) mass is 211 g/mol. The first-order chi connectivity index (χ1) is 6.54. The molecule has 0 aliphatic rings. The molecule has 0 amide bonds. The lowest BCUT2D eigenvalue weighted by molar-refractivity contribution is -0.385. The summed E-state index contributed by atoms with van der Waals surface area (Å²) < 4.78 is 0. The molecule has 0 saturated heterocycles. The van der Waals surface area contributed by atoms with Crippen LogP contribution in [0.15, 0.2) is 35.9 Å². The molecule has 1 aromatic rings. The smallest absolute Gasteiger partial charge is 0.280 e. The van der Waals surface area contributed by atoms with Gasteiger partial charge in [-0.15, -0.1) is 0 Å². The number of para-hydroxylation sites is 1. The molecule has 72 valence electrons. The zero-order valence-corrected chi connectivity index (χ0v) is 7.82. The summed E-state index contributed by atoms with van der Waals surface area (Å²) in [5.41, 5.74) is -0.309. The summed E-state index contributed by atoms with van der Waals surface area (Å²) in [6, 6.07) is 5.59. The first kappa shape index (κ1) is 10.4. The summed E-state index contributed by atoms with van der Waals surface area (Å²) in [4.78, 5) is 21.2. The van der Waals surface area contributed by atoms with E-state index >= 15 is 0 Å². The molecule has 4 nitrogen and oxygen atoms in total. The van der Waals surface area contributed by atoms with Gasteiger partial charge in [-0.1, -0.05) is 30.3 Å². The summed E-state index contributed by atoms with van der Waals surface area (Å²) >= 11 is 5.37. The minimum absolute atomic E-state index is 0.0440. The van der Waals surface area contributed by atoms with E-state index in [-0.39, 0.29) is 16.3 Å². The summed E-state index contributed by atoms with van der Waals surface area (Å²) in [6.07, 6.45) is 0. The molecule has 0 aliphatic carbocycles. The van der Waals surface area contributed by atoms with Crippen LogP contribution in [-0.2, 0) is 0 Å². The minimum Gasteiger partial charge on any atom is -0.287 e. The Morgan fingerprint density at radius 2 is 2.00 bits per heavy atom. The fourth-order valence-electron chi connectivity index (χ4n) is 0.971. The molecular formula is C9H6ClNO3. The molecule has 0 aromatic heterocycles. The number of nitro benzene ring substituents is 1. The number of Topliss-reactive ketones (excluding diaryl/α,β-unsaturated/α-hetero) is 1. The largest absolute Gasteiger partial charge is 0.287 e. The Bertz CT molecular complexity index is 414. The maximum absolute atomic E-state index is 11.3. The van der Waals surface area contributed by atoms with Crippen molar-refractivity contribution < 1.29 is 9.72 Å². The van der Waals surface area contributed by atoms with E-state index in [4.69, 9.17) is 11.6 Å². The number of carbonyl (C=O) groups is 1. The van der Waals surface area contributed by atoms with Crippen LogP contribution >= 0.6 is 11.6 Å². The average Bonchev–Trinajstić information content (AvgIpc) is 2.16. The highest BCUT2D eigenvalue weighted by Crippen LogP contribution is 2.21. The molecule has 0 atom stereocenters. The van der Waals surface area contributed by atoms with E-state index < -0.39 is 10.7 Å². The first-order valence-corrected chi connectivity index (χ1v) is 4.04. The van der Waals surface area contributed by atoms with Crippen LogP contribution in [0.4, 0.5) is 5.69 Å². The lowest BCUT2D eigenvalue weighted by Crippen LogP contribution is -2.02. The number of ketones is 1. The maximum atomic E-state index is 11.3. The molecule has 0 N–H and O–H groups in total. The quantitative estimate of drug-likeness (QED) is 0.334. The number of carbonyl (C=O) groups excluding carboxylic acids is 1. The second-order valence-electron chi connectivity index (χ2n) is 2.51. The Labute approximate surface area is 85.0 Å². The van der Waals surface area contributed by atoms with Gasteiger partial charge in [0.25, 0.3) is 5.69 Å². The Balaban J connectivity index is 3.27. The lowest BCUT2D eigenvalue weighted by Gasteiger charge is -1.99. The molecule has 0 bridgehead atoms. The fraction of sp³-hybridized carbons (Fsp3) is 0. The van der Waals surface area contributed by atoms with Crippen LogP contribution in [0.5, 0.6) is 0 Å². The van der Waals surface area contributed by atoms with Crippen molar-refractivity contribution in [3.63, 3.8) is 0 Å². The van der Waals surface area contributed by atoms with E-state index in [1.54, 1.807) is 0 Å². The van der Waals surface area contributed by atoms with E-state index in [1.807, 2.05) is 0 Å². The van der Waals surface area contributed by atoms with Gasteiger partial charge in [0.2, 0.25) is 5.78 Å². The summed E-state index contributed by atoms with van der Waals surface area (Å²) in [7, 11) is 0. The highest BCUT2D eigenvalue weighted by atomic mass is 35.5. The molecule has 0 radical (unpaired) electrons. The van der Waals surface area contributed by atoms with Crippen LogP contribution in [0.3, 0.4) is 0 Å². The Hall–Kier alpha value is -1.68. The van der Waals surface area contributed by atoms with Gasteiger partial charge >= 0.3 is 0 Å². The maximum Gasteiger partial charge on any atom is 0.280 e. The third-order valence-corrected chi connectivity index (χ3v) is 1.76. The van der Waals surface area contributed by atoms with Gasteiger partial charge in [-0.05, 0) is 6.07 Å². The second kappa shape index (κ2) is 4.02. The summed E-state index contributed by atoms with van der Waals surface area (Å²) in [5.74, 6) is -0.626. The molecule has 0 heterocycles. The molecule has 0 spiro atoms. The molecule has 0 unspecified atom stereocenters. The first-order valence-electron chi connectivity index (χ1n) is 3.66. The summed E-state index contributed by atoms with van der Waals surface area (Å²) in [5, 5.41) is 10.3. The van der Waals surface area contributed by atoms with E-state index in [1.165, 1.54) is 24.3 Å². The summed E-state index contributed by atoms with van der Waals surface area (Å²) in [6.45, 7) is 3.23. The van der Waals surface area contributed by atoms with Crippen molar-refractivity contribution in [3.05, 3.63) is 51.6 Å². The second-order valence-corrected chi connectivity index (χ2v) is 2.96. The van der Waals surface area contributed by atoms with Crippen LogP contribution in [0, 0.1) is 10.1 Å². The van der Waals surface area contributed by atoms with Crippen molar-refractivity contribution in [2.24, 2.45) is 0 Å². The number of rotatable bonds is 3. The predicted octanol–water partition coefficient (Wildman–Crippen LogP) is 2.53. The van der Waals surface area contributed by atoms with Gasteiger partial charge in [-0.2, -0.15) is 0 Å². The number of allylic oxidation sites excluding steroid dienone is 1. The number of nitrogens with zero attached hydrogens (tertiary/aromatic N) is 1. The molecular weight excluding hydrogens is 206 g/mol. The number of hydrogen-bond donors (Lipinski definition) is 0. The zero-order chi connectivity index (χ0) is 10.7. The average molecular weight is 212 g/mol. The van der Waals surface area contributed by atoms with E-state index in [2.05, 4.69) is 6.58 Å². The molecule has 14 heavy (non-hydrogen) atoms. The highest BCUT2D eigenvalue weighted by Gasteiger charge is 2.19. The Morgan fingerprint density at radius 3 is 2.50 bits per heavy atom. The fourth-order valence-corrected chi connectivity index (χ4v) is 1.07. The number of halogens is 1. The van der Waals surface area contributed by atoms with Gasteiger partial charge in [-0.25, -0.2) is 0 Å². The molecule has 1 rings (SSSR count). The van der Waals surface area contributed by atoms with Crippen LogP contribution in [0.2, 0.25) is 0 Å². The highest BCUT2D eigenvalue weighted by molar-refractivity contribution is 6.45. The van der Waals surface area contributed by atoms with Crippen LogP contribution < -0.4 is 0 Å². The van der Waals surface area contributed by atoms with E-state index in [0.717, 1.165) is 0 Å². The van der Waals surface area contributed by atoms with E-state index in [0.29, 0.717) is 0 Å². The van der Waals surface area contributed by atoms with Crippen molar-refractivity contribution in [2.45, 2.75) is 0 Å². The predicted molar refractivity (Wildman–Crippen MR) is 52.4 cm³/mol. The van der Waals surface area contributed by atoms with Crippen molar-refractivity contribution in [2.75, 3.05) is 0 Å². The minimum atomic E-state index is -0.632. The molecule has 0 aliphatic heterocycles. The molecule has 0 fully saturated rings. The van der Waals surface area contributed by atoms with Gasteiger partial charge in [0.05, 0.1) is 9.96 Å². The van der Waals surface area contributed by atoms with Crippen LogP contribution in [0.1, 0.15) is 10.4 Å². The van der Waals surface area contributed by atoms with Crippen molar-refractivity contribution in [1.29, 1.82) is 0 Å². The molecule has 0 saturated carbocycles.